The summed E-state index contributed by atoms with van der Waals surface area (Å²) in [6.45, 7) is 9.89. The lowest BCUT2D eigenvalue weighted by Gasteiger charge is -2.30. The Labute approximate surface area is 163 Å². The van der Waals surface area contributed by atoms with Crippen LogP contribution in [0.1, 0.15) is 53.5 Å². The molecule has 0 aliphatic carbocycles. The zero-order chi connectivity index (χ0) is 21.3. The zero-order valence-electron chi connectivity index (χ0n) is 16.9. The van der Waals surface area contributed by atoms with Gasteiger partial charge in [0.05, 0.1) is 12.3 Å². The van der Waals surface area contributed by atoms with Crippen molar-refractivity contribution < 1.29 is 33.4 Å². The molecule has 0 bridgehead atoms. The molecule has 0 aromatic heterocycles. The fourth-order valence-electron chi connectivity index (χ4n) is 2.65. The van der Waals surface area contributed by atoms with E-state index in [4.69, 9.17) is 14.3 Å². The summed E-state index contributed by atoms with van der Waals surface area (Å²) in [5.41, 5.74) is -1.77. The van der Waals surface area contributed by atoms with Crippen LogP contribution in [0.3, 0.4) is 0 Å². The van der Waals surface area contributed by atoms with Crippen molar-refractivity contribution >= 4 is 17.7 Å². The van der Waals surface area contributed by atoms with E-state index in [0.717, 1.165) is 0 Å². The number of hydrogen-bond acceptors (Lipinski definition) is 7. The molecule has 1 aromatic rings. The molecule has 1 aliphatic rings. The topological polar surface area (TPSA) is 94.4 Å². The molecule has 0 fully saturated rings. The minimum atomic E-state index is -2.58. The van der Waals surface area contributed by atoms with Crippen molar-refractivity contribution in [3.63, 3.8) is 0 Å². The molecule has 0 saturated heterocycles. The number of esters is 2. The van der Waals surface area contributed by atoms with Crippen LogP contribution >= 0.6 is 0 Å². The van der Waals surface area contributed by atoms with Crippen LogP contribution in [0.2, 0.25) is 0 Å². The first-order chi connectivity index (χ1) is 12.7. The minimum absolute atomic E-state index is 0.00976. The second-order valence-electron chi connectivity index (χ2n) is 8.59. The minimum Gasteiger partial charge on any atom is -0.460 e. The summed E-state index contributed by atoms with van der Waals surface area (Å²) >= 11 is 0. The number of rotatable bonds is 4. The molecule has 0 radical (unpaired) electrons. The quantitative estimate of drug-likeness (QED) is 0.788. The number of halogens is 1. The van der Waals surface area contributed by atoms with E-state index in [1.54, 1.807) is 47.6 Å². The first kappa shape index (κ1) is 21.8. The van der Waals surface area contributed by atoms with E-state index >= 15 is 0 Å². The molecular weight excluding hydrogens is 369 g/mol. The van der Waals surface area contributed by atoms with Crippen LogP contribution < -0.4 is 0 Å². The standard InChI is InChI=1S/C20H26FNO6/c1-18(2,3)26-15(23)11-13-16(12-9-7-8-10-14(12)21)22-28-20(13,25)17(24)27-19(4,5)6/h7-10,13,25H,11H2,1-6H3/t13-,20-/m0/s1. The maximum absolute atomic E-state index is 14.3. The number of aliphatic hydroxyl groups is 1. The zero-order valence-corrected chi connectivity index (χ0v) is 16.9. The van der Waals surface area contributed by atoms with Gasteiger partial charge in [-0.1, -0.05) is 23.4 Å². The van der Waals surface area contributed by atoms with Crippen LogP contribution in [0.5, 0.6) is 0 Å². The van der Waals surface area contributed by atoms with Gasteiger partial charge in [0, 0.05) is 5.56 Å². The summed E-state index contributed by atoms with van der Waals surface area (Å²) in [6, 6.07) is 5.67. The number of oxime groups is 1. The van der Waals surface area contributed by atoms with Gasteiger partial charge in [-0.15, -0.1) is 0 Å². The number of ether oxygens (including phenoxy) is 2. The Balaban J connectivity index is 2.40. The van der Waals surface area contributed by atoms with E-state index in [1.807, 2.05) is 0 Å². The van der Waals surface area contributed by atoms with E-state index in [1.165, 1.54) is 18.2 Å². The van der Waals surface area contributed by atoms with Gasteiger partial charge in [0.2, 0.25) is 0 Å². The third-order valence-corrected chi connectivity index (χ3v) is 3.72. The third-order valence-electron chi connectivity index (χ3n) is 3.72. The summed E-state index contributed by atoms with van der Waals surface area (Å²) in [7, 11) is 0. The number of benzene rings is 1. The fourth-order valence-corrected chi connectivity index (χ4v) is 2.65. The monoisotopic (exact) mass is 395 g/mol. The Bertz CT molecular complexity index is 793. The average molecular weight is 395 g/mol. The maximum atomic E-state index is 14.3. The molecule has 0 unspecified atom stereocenters. The fraction of sp³-hybridized carbons (Fsp3) is 0.550. The highest BCUT2D eigenvalue weighted by Gasteiger charge is 2.57. The number of carbonyl (C=O) groups is 2. The molecule has 0 spiro atoms. The average Bonchev–Trinajstić information content (AvgIpc) is 2.83. The van der Waals surface area contributed by atoms with Gasteiger partial charge in [0.25, 0.3) is 0 Å². The second kappa shape index (κ2) is 7.50. The Morgan fingerprint density at radius 1 is 1.14 bits per heavy atom. The van der Waals surface area contributed by atoms with Crippen molar-refractivity contribution in [3.8, 4) is 0 Å². The molecule has 28 heavy (non-hydrogen) atoms. The van der Waals surface area contributed by atoms with Crippen LogP contribution in [0.25, 0.3) is 0 Å². The first-order valence-corrected chi connectivity index (χ1v) is 8.91. The van der Waals surface area contributed by atoms with Crippen LogP contribution in [0.15, 0.2) is 29.4 Å². The first-order valence-electron chi connectivity index (χ1n) is 8.91. The molecule has 1 aliphatic heterocycles. The van der Waals surface area contributed by atoms with E-state index in [0.29, 0.717) is 0 Å². The lowest BCUT2D eigenvalue weighted by atomic mass is 9.86. The molecule has 2 rings (SSSR count). The highest BCUT2D eigenvalue weighted by molar-refractivity contribution is 6.07. The molecule has 1 heterocycles. The van der Waals surface area contributed by atoms with Gasteiger partial charge in [-0.3, -0.25) is 4.79 Å². The number of nitrogens with zero attached hydrogens (tertiary/aromatic N) is 1. The third kappa shape index (κ3) is 5.07. The molecule has 2 atom stereocenters. The molecule has 0 saturated carbocycles. The van der Waals surface area contributed by atoms with Crippen molar-refractivity contribution in [2.24, 2.45) is 11.1 Å². The molecule has 1 aromatic carbocycles. The van der Waals surface area contributed by atoms with E-state index < -0.39 is 47.1 Å². The van der Waals surface area contributed by atoms with E-state index in [9.17, 15) is 19.1 Å². The van der Waals surface area contributed by atoms with Gasteiger partial charge in [-0.25, -0.2) is 9.18 Å². The number of hydrogen-bond donors (Lipinski definition) is 1. The molecule has 8 heteroatoms. The summed E-state index contributed by atoms with van der Waals surface area (Å²) < 4.78 is 24.8. The molecule has 154 valence electrons. The highest BCUT2D eigenvalue weighted by Crippen LogP contribution is 2.36. The summed E-state index contributed by atoms with van der Waals surface area (Å²) in [5.74, 6) is -6.35. The molecule has 1 N–H and O–H groups in total. The molecule has 0 amide bonds. The van der Waals surface area contributed by atoms with Crippen molar-refractivity contribution in [1.82, 2.24) is 0 Å². The van der Waals surface area contributed by atoms with Crippen LogP contribution in [-0.2, 0) is 23.9 Å². The van der Waals surface area contributed by atoms with E-state index in [2.05, 4.69) is 5.16 Å². The summed E-state index contributed by atoms with van der Waals surface area (Å²) in [6.07, 6.45) is -0.458. The number of carbonyl (C=O) groups excluding carboxylic acids is 2. The van der Waals surface area contributed by atoms with Crippen molar-refractivity contribution in [2.75, 3.05) is 0 Å². The van der Waals surface area contributed by atoms with Crippen LogP contribution in [0.4, 0.5) is 4.39 Å². The van der Waals surface area contributed by atoms with Gasteiger partial charge >= 0.3 is 17.7 Å². The highest BCUT2D eigenvalue weighted by atomic mass is 19.1. The Morgan fingerprint density at radius 2 is 1.71 bits per heavy atom. The summed E-state index contributed by atoms with van der Waals surface area (Å²) in [4.78, 5) is 30.0. The lowest BCUT2D eigenvalue weighted by Crippen LogP contribution is -2.50. The molecular formula is C20H26FNO6. The smallest absolute Gasteiger partial charge is 0.383 e. The predicted octanol–water partition coefficient (Wildman–Crippen LogP) is 2.94. The van der Waals surface area contributed by atoms with E-state index in [-0.39, 0.29) is 11.3 Å². The lowest BCUT2D eigenvalue weighted by molar-refractivity contribution is -0.240. The second-order valence-corrected chi connectivity index (χ2v) is 8.59. The SMILES string of the molecule is CC(C)(C)OC(=O)C[C@H]1C(c2ccccc2F)=NO[C@]1(O)C(=O)OC(C)(C)C. The van der Waals surface area contributed by atoms with Gasteiger partial charge in [0.1, 0.15) is 22.7 Å². The van der Waals surface area contributed by atoms with Gasteiger partial charge in [0.15, 0.2) is 0 Å². The summed E-state index contributed by atoms with van der Waals surface area (Å²) in [5, 5.41) is 14.6. The van der Waals surface area contributed by atoms with Gasteiger partial charge in [-0.2, -0.15) is 0 Å². The largest absolute Gasteiger partial charge is 0.460 e. The van der Waals surface area contributed by atoms with Crippen molar-refractivity contribution in [2.45, 2.75) is 65.0 Å². The molecule has 7 nitrogen and oxygen atoms in total. The van der Waals surface area contributed by atoms with Crippen molar-refractivity contribution in [1.29, 1.82) is 0 Å². The maximum Gasteiger partial charge on any atom is 0.383 e. The normalized spacial score (nSPS) is 22.3. The Hall–Kier alpha value is -2.48. The van der Waals surface area contributed by atoms with Crippen LogP contribution in [0, 0.1) is 11.7 Å². The van der Waals surface area contributed by atoms with Gasteiger partial charge < -0.3 is 19.4 Å². The predicted molar refractivity (Wildman–Crippen MR) is 98.8 cm³/mol. The van der Waals surface area contributed by atoms with Gasteiger partial charge in [-0.05, 0) is 47.6 Å². The van der Waals surface area contributed by atoms with Crippen LogP contribution in [-0.4, -0.2) is 39.7 Å². The van der Waals surface area contributed by atoms with Crippen molar-refractivity contribution in [3.05, 3.63) is 35.6 Å². The Kier molecular flexibility index (Phi) is 5.85. The Morgan fingerprint density at radius 3 is 2.25 bits per heavy atom.